The summed E-state index contributed by atoms with van der Waals surface area (Å²) in [5.74, 6) is 0.828. The van der Waals surface area contributed by atoms with Crippen molar-refractivity contribution in [2.75, 3.05) is 13.7 Å². The Morgan fingerprint density at radius 1 is 1.47 bits per heavy atom. The van der Waals surface area contributed by atoms with Crippen molar-refractivity contribution >= 4 is 17.0 Å². The van der Waals surface area contributed by atoms with Crippen LogP contribution < -0.4 is 4.74 Å². The van der Waals surface area contributed by atoms with Crippen molar-refractivity contribution in [3.63, 3.8) is 0 Å². The molecular weight excluding hydrogens is 240 g/mol. The van der Waals surface area contributed by atoms with Crippen molar-refractivity contribution in [2.45, 2.75) is 25.5 Å². The standard InChI is InChI=1S/C15H18N2O2/c1-3-11-7-8-13-12(15(11)18-2)10-16-17(13)14-6-4-5-9-19-14/h3,7-8,10,14H,1,4-6,9H2,2H3. The lowest BCUT2D eigenvalue weighted by atomic mass is 10.1. The molecule has 1 saturated heterocycles. The van der Waals surface area contributed by atoms with Crippen LogP contribution in [0.1, 0.15) is 31.1 Å². The van der Waals surface area contributed by atoms with Gasteiger partial charge in [-0.3, -0.25) is 0 Å². The van der Waals surface area contributed by atoms with Crippen LogP contribution in [0.3, 0.4) is 0 Å². The van der Waals surface area contributed by atoms with Crippen molar-refractivity contribution in [1.29, 1.82) is 0 Å². The summed E-state index contributed by atoms with van der Waals surface area (Å²) in [7, 11) is 1.68. The molecule has 1 aromatic heterocycles. The highest BCUT2D eigenvalue weighted by molar-refractivity contribution is 5.89. The second-order valence-corrected chi connectivity index (χ2v) is 4.74. The molecule has 1 atom stereocenters. The summed E-state index contributed by atoms with van der Waals surface area (Å²) < 4.78 is 13.2. The van der Waals surface area contributed by atoms with E-state index in [9.17, 15) is 0 Å². The van der Waals surface area contributed by atoms with E-state index in [1.54, 1.807) is 13.2 Å². The van der Waals surface area contributed by atoms with E-state index in [-0.39, 0.29) is 6.23 Å². The van der Waals surface area contributed by atoms with E-state index in [2.05, 4.69) is 17.7 Å². The van der Waals surface area contributed by atoms with Gasteiger partial charge in [0, 0.05) is 12.2 Å². The first-order valence-corrected chi connectivity index (χ1v) is 6.63. The van der Waals surface area contributed by atoms with Crippen molar-refractivity contribution in [1.82, 2.24) is 9.78 Å². The van der Waals surface area contributed by atoms with Crippen LogP contribution in [0.25, 0.3) is 17.0 Å². The zero-order chi connectivity index (χ0) is 13.2. The molecule has 0 radical (unpaired) electrons. The summed E-state index contributed by atoms with van der Waals surface area (Å²) >= 11 is 0. The Bertz CT molecular complexity index is 597. The molecule has 1 fully saturated rings. The van der Waals surface area contributed by atoms with Gasteiger partial charge in [-0.1, -0.05) is 12.7 Å². The van der Waals surface area contributed by atoms with E-state index in [1.165, 1.54) is 6.42 Å². The summed E-state index contributed by atoms with van der Waals surface area (Å²) in [4.78, 5) is 0. The van der Waals surface area contributed by atoms with Gasteiger partial charge in [0.25, 0.3) is 0 Å². The largest absolute Gasteiger partial charge is 0.495 e. The first-order chi connectivity index (χ1) is 9.35. The average molecular weight is 258 g/mol. The van der Waals surface area contributed by atoms with Gasteiger partial charge in [0.1, 0.15) is 5.75 Å². The van der Waals surface area contributed by atoms with Crippen molar-refractivity contribution in [3.05, 3.63) is 30.5 Å². The predicted octanol–water partition coefficient (Wildman–Crippen LogP) is 3.39. The van der Waals surface area contributed by atoms with E-state index in [4.69, 9.17) is 9.47 Å². The fourth-order valence-corrected chi connectivity index (χ4v) is 2.65. The number of hydrogen-bond acceptors (Lipinski definition) is 3. The third-order valence-electron chi connectivity index (χ3n) is 3.61. The lowest BCUT2D eigenvalue weighted by Gasteiger charge is -2.23. The Morgan fingerprint density at radius 3 is 3.05 bits per heavy atom. The average Bonchev–Trinajstić information content (AvgIpc) is 2.91. The number of methoxy groups -OCH3 is 1. The summed E-state index contributed by atoms with van der Waals surface area (Å²) in [5, 5.41) is 5.49. The molecule has 4 heteroatoms. The first-order valence-electron chi connectivity index (χ1n) is 6.63. The van der Waals surface area contributed by atoms with E-state index in [0.29, 0.717) is 0 Å². The zero-order valence-electron chi connectivity index (χ0n) is 11.1. The molecule has 1 unspecified atom stereocenters. The van der Waals surface area contributed by atoms with Gasteiger partial charge in [-0.25, -0.2) is 4.68 Å². The Labute approximate surface area is 112 Å². The Kier molecular flexibility index (Phi) is 3.25. The fraction of sp³-hybridized carbons (Fsp3) is 0.400. The van der Waals surface area contributed by atoms with Crippen LogP contribution in [0.4, 0.5) is 0 Å². The fourth-order valence-electron chi connectivity index (χ4n) is 2.65. The number of hydrogen-bond donors (Lipinski definition) is 0. The van der Waals surface area contributed by atoms with Crippen molar-refractivity contribution in [3.8, 4) is 5.75 Å². The molecule has 0 bridgehead atoms. The number of fused-ring (bicyclic) bond motifs is 1. The molecule has 0 spiro atoms. The molecule has 19 heavy (non-hydrogen) atoms. The third-order valence-corrected chi connectivity index (χ3v) is 3.61. The molecule has 2 aromatic rings. The Morgan fingerprint density at radius 2 is 2.37 bits per heavy atom. The van der Waals surface area contributed by atoms with Crippen LogP contribution in [-0.4, -0.2) is 23.5 Å². The molecule has 0 N–H and O–H groups in total. The molecule has 1 aliphatic rings. The molecular formula is C15H18N2O2. The second kappa shape index (κ2) is 5.05. The summed E-state index contributed by atoms with van der Waals surface area (Å²) in [5.41, 5.74) is 2.04. The highest BCUT2D eigenvalue weighted by atomic mass is 16.5. The maximum Gasteiger partial charge on any atom is 0.150 e. The first kappa shape index (κ1) is 12.2. The van der Waals surface area contributed by atoms with Crippen LogP contribution in [0.5, 0.6) is 5.75 Å². The molecule has 0 saturated carbocycles. The minimum atomic E-state index is 0.0468. The molecule has 100 valence electrons. The van der Waals surface area contributed by atoms with Gasteiger partial charge in [0.05, 0.1) is 24.2 Å². The van der Waals surface area contributed by atoms with Gasteiger partial charge < -0.3 is 9.47 Å². The second-order valence-electron chi connectivity index (χ2n) is 4.74. The van der Waals surface area contributed by atoms with Gasteiger partial charge in [-0.2, -0.15) is 5.10 Å². The molecule has 0 aliphatic carbocycles. The van der Waals surface area contributed by atoms with Crippen LogP contribution in [0.2, 0.25) is 0 Å². The van der Waals surface area contributed by atoms with E-state index in [0.717, 1.165) is 41.7 Å². The van der Waals surface area contributed by atoms with Gasteiger partial charge in [-0.05, 0) is 31.4 Å². The molecule has 1 aliphatic heterocycles. The van der Waals surface area contributed by atoms with Crippen LogP contribution in [-0.2, 0) is 4.74 Å². The highest BCUT2D eigenvalue weighted by Gasteiger charge is 2.20. The Hall–Kier alpha value is -1.81. The van der Waals surface area contributed by atoms with Crippen LogP contribution in [0.15, 0.2) is 24.9 Å². The predicted molar refractivity (Wildman–Crippen MR) is 75.2 cm³/mol. The lowest BCUT2D eigenvalue weighted by Crippen LogP contribution is -2.18. The molecule has 3 rings (SSSR count). The zero-order valence-corrected chi connectivity index (χ0v) is 11.1. The minimum absolute atomic E-state index is 0.0468. The van der Waals surface area contributed by atoms with Crippen LogP contribution in [0, 0.1) is 0 Å². The monoisotopic (exact) mass is 258 g/mol. The molecule has 1 aromatic carbocycles. The number of nitrogens with zero attached hydrogens (tertiary/aromatic N) is 2. The summed E-state index contributed by atoms with van der Waals surface area (Å²) in [6.45, 7) is 4.62. The number of rotatable bonds is 3. The normalized spacial score (nSPS) is 19.5. The number of benzene rings is 1. The van der Waals surface area contributed by atoms with Crippen molar-refractivity contribution in [2.24, 2.45) is 0 Å². The van der Waals surface area contributed by atoms with E-state index in [1.807, 2.05) is 16.9 Å². The van der Waals surface area contributed by atoms with E-state index < -0.39 is 0 Å². The van der Waals surface area contributed by atoms with Gasteiger partial charge in [0.15, 0.2) is 6.23 Å². The summed E-state index contributed by atoms with van der Waals surface area (Å²) in [6.07, 6.45) is 7.03. The smallest absolute Gasteiger partial charge is 0.150 e. The van der Waals surface area contributed by atoms with Gasteiger partial charge in [-0.15, -0.1) is 0 Å². The topological polar surface area (TPSA) is 36.3 Å². The van der Waals surface area contributed by atoms with E-state index >= 15 is 0 Å². The Balaban J connectivity index is 2.10. The van der Waals surface area contributed by atoms with Crippen LogP contribution >= 0.6 is 0 Å². The SMILES string of the molecule is C=Cc1ccc2c(cnn2C2CCCCO2)c1OC. The van der Waals surface area contributed by atoms with Gasteiger partial charge in [0.2, 0.25) is 0 Å². The van der Waals surface area contributed by atoms with Crippen molar-refractivity contribution < 1.29 is 9.47 Å². The molecule has 0 amide bonds. The third kappa shape index (κ3) is 2.02. The highest BCUT2D eigenvalue weighted by Crippen LogP contribution is 2.33. The maximum atomic E-state index is 5.80. The quantitative estimate of drug-likeness (QED) is 0.846. The summed E-state index contributed by atoms with van der Waals surface area (Å²) in [6, 6.07) is 4.06. The number of ether oxygens (including phenoxy) is 2. The van der Waals surface area contributed by atoms with Gasteiger partial charge >= 0.3 is 0 Å². The molecule has 4 nitrogen and oxygen atoms in total. The number of aromatic nitrogens is 2. The molecule has 2 heterocycles. The minimum Gasteiger partial charge on any atom is -0.495 e. The maximum absolute atomic E-state index is 5.80. The lowest BCUT2D eigenvalue weighted by molar-refractivity contribution is -0.0366.